The summed E-state index contributed by atoms with van der Waals surface area (Å²) in [6, 6.07) is -1.04. The van der Waals surface area contributed by atoms with Crippen molar-refractivity contribution in [1.82, 2.24) is 10.2 Å². The third kappa shape index (κ3) is 11.1. The van der Waals surface area contributed by atoms with E-state index in [-0.39, 0.29) is 42.9 Å². The zero-order valence-corrected chi connectivity index (χ0v) is 21.2. The van der Waals surface area contributed by atoms with Crippen LogP contribution in [0.5, 0.6) is 0 Å². The molecule has 2 atom stereocenters. The molecule has 0 aliphatic carbocycles. The van der Waals surface area contributed by atoms with E-state index in [2.05, 4.69) is 5.32 Å². The van der Waals surface area contributed by atoms with Crippen LogP contribution >= 0.6 is 11.8 Å². The Kier molecular flexibility index (Phi) is 14.3. The zero-order chi connectivity index (χ0) is 25.6. The summed E-state index contributed by atoms with van der Waals surface area (Å²) in [5, 5.41) is 11.7. The van der Waals surface area contributed by atoms with Gasteiger partial charge in [-0.15, -0.1) is 0 Å². The van der Waals surface area contributed by atoms with Gasteiger partial charge in [0.25, 0.3) is 0 Å². The smallest absolute Gasteiger partial charge is 0.321 e. The van der Waals surface area contributed by atoms with Crippen molar-refractivity contribution in [3.63, 3.8) is 0 Å². The number of ether oxygens (including phenoxy) is 3. The Bertz CT molecular complexity index is 677. The van der Waals surface area contributed by atoms with Crippen LogP contribution in [0.2, 0.25) is 0 Å². The molecule has 1 fully saturated rings. The predicted octanol–water partition coefficient (Wildman–Crippen LogP) is 0.251. The van der Waals surface area contributed by atoms with Crippen LogP contribution in [0.1, 0.15) is 40.0 Å². The van der Waals surface area contributed by atoms with Crippen LogP contribution in [0.4, 0.5) is 0 Å². The number of carboxylic acids is 1. The summed E-state index contributed by atoms with van der Waals surface area (Å²) in [6.07, 6.45) is 0.698. The Morgan fingerprint density at radius 3 is 2.41 bits per heavy atom. The molecule has 2 unspecified atom stereocenters. The molecule has 1 aliphatic heterocycles. The lowest BCUT2D eigenvalue weighted by atomic mass is 9.93. The maximum atomic E-state index is 12.8. The first-order valence-corrected chi connectivity index (χ1v) is 12.5. The molecule has 12 heteroatoms. The molecule has 34 heavy (non-hydrogen) atoms. The second-order valence-electron chi connectivity index (χ2n) is 8.37. The Labute approximate surface area is 205 Å². The molecule has 11 nitrogen and oxygen atoms in total. The molecule has 0 aromatic rings. The maximum absolute atomic E-state index is 12.8. The predicted molar refractivity (Wildman–Crippen MR) is 127 cm³/mol. The molecule has 0 aromatic heterocycles. The summed E-state index contributed by atoms with van der Waals surface area (Å²) in [5.74, 6) is -2.47. The van der Waals surface area contributed by atoms with Crippen molar-refractivity contribution in [2.24, 2.45) is 11.7 Å². The van der Waals surface area contributed by atoms with Crippen molar-refractivity contribution < 1.29 is 38.5 Å². The number of hydrogen-bond acceptors (Lipinski definition) is 9. The molecule has 0 aromatic carbocycles. The zero-order valence-electron chi connectivity index (χ0n) is 20.4. The van der Waals surface area contributed by atoms with Crippen LogP contribution in [0.3, 0.4) is 0 Å². The van der Waals surface area contributed by atoms with E-state index in [1.165, 1.54) is 11.8 Å². The van der Waals surface area contributed by atoms with Crippen LogP contribution in [0, 0.1) is 5.92 Å². The lowest BCUT2D eigenvalue weighted by Crippen LogP contribution is -2.40. The monoisotopic (exact) mass is 505 g/mol. The van der Waals surface area contributed by atoms with Gasteiger partial charge in [0.2, 0.25) is 17.7 Å². The highest BCUT2D eigenvalue weighted by molar-refractivity contribution is 8.00. The normalized spacial score (nSPS) is 17.3. The number of nitrogens with one attached hydrogen (secondary N) is 1. The van der Waals surface area contributed by atoms with Gasteiger partial charge in [0.15, 0.2) is 0 Å². The van der Waals surface area contributed by atoms with Crippen molar-refractivity contribution >= 4 is 35.5 Å². The summed E-state index contributed by atoms with van der Waals surface area (Å²) in [5.41, 5.74) is 5.55. The minimum absolute atomic E-state index is 0.0188. The Morgan fingerprint density at radius 2 is 1.79 bits per heavy atom. The van der Waals surface area contributed by atoms with E-state index in [1.807, 2.05) is 6.92 Å². The third-order valence-electron chi connectivity index (χ3n) is 5.33. The van der Waals surface area contributed by atoms with Gasteiger partial charge in [0.05, 0.1) is 32.3 Å². The van der Waals surface area contributed by atoms with Crippen LogP contribution in [0.15, 0.2) is 0 Å². The number of hydrogen-bond donors (Lipinski definition) is 3. The Balaban J connectivity index is 2.24. The Morgan fingerprint density at radius 1 is 1.18 bits per heavy atom. The highest BCUT2D eigenvalue weighted by atomic mass is 32.2. The lowest BCUT2D eigenvalue weighted by molar-refractivity contribution is -0.140. The molecular weight excluding hydrogens is 466 g/mol. The van der Waals surface area contributed by atoms with Crippen LogP contribution < -0.4 is 11.1 Å². The molecule has 1 saturated heterocycles. The third-order valence-corrected chi connectivity index (χ3v) is 6.89. The van der Waals surface area contributed by atoms with Crippen molar-refractivity contribution in [2.75, 3.05) is 58.5 Å². The van der Waals surface area contributed by atoms with Crippen LogP contribution in [0.25, 0.3) is 0 Å². The van der Waals surface area contributed by atoms with Gasteiger partial charge >= 0.3 is 5.97 Å². The van der Waals surface area contributed by atoms with Gasteiger partial charge in [0, 0.05) is 49.6 Å². The number of carbonyl (C=O) groups is 4. The van der Waals surface area contributed by atoms with Gasteiger partial charge in [-0.1, -0.05) is 0 Å². The fourth-order valence-corrected chi connectivity index (χ4v) is 4.36. The summed E-state index contributed by atoms with van der Waals surface area (Å²) in [6.45, 7) is 9.18. The fraction of sp³-hybridized carbons (Fsp3) is 0.818. The van der Waals surface area contributed by atoms with Crippen LogP contribution in [-0.2, 0) is 33.4 Å². The van der Waals surface area contributed by atoms with E-state index in [9.17, 15) is 19.2 Å². The van der Waals surface area contributed by atoms with E-state index in [4.69, 9.17) is 25.1 Å². The lowest BCUT2D eigenvalue weighted by Gasteiger charge is -2.30. The molecule has 3 amide bonds. The largest absolute Gasteiger partial charge is 0.480 e. The van der Waals surface area contributed by atoms with Gasteiger partial charge in [-0.05, 0) is 27.2 Å². The summed E-state index contributed by atoms with van der Waals surface area (Å²) < 4.78 is 15.2. The molecular formula is C22H39N3O8S. The van der Waals surface area contributed by atoms with Crippen LogP contribution in [-0.4, -0.2) is 103 Å². The molecule has 4 N–H and O–H groups in total. The number of amides is 3. The molecule has 0 saturated carbocycles. The number of nitrogens with two attached hydrogens (primary N) is 1. The van der Waals surface area contributed by atoms with Crippen molar-refractivity contribution in [3.8, 4) is 0 Å². The number of imide groups is 1. The standard InChI is InChI=1S/C22H39N3O8S/c1-4-31-10-11-33-13-12-32-9-5-7-24-18(26)6-8-25-19(27)14-16(20(25)28)22(2,3)34-15-17(23)21(29)30/h16-17H,4-15,23H2,1-3H3,(H,24,26)(H,29,30). The first-order valence-electron chi connectivity index (χ1n) is 11.6. The highest BCUT2D eigenvalue weighted by Crippen LogP contribution is 2.39. The van der Waals surface area contributed by atoms with E-state index in [1.54, 1.807) is 13.8 Å². The maximum Gasteiger partial charge on any atom is 0.321 e. The summed E-state index contributed by atoms with van der Waals surface area (Å²) >= 11 is 1.26. The first-order chi connectivity index (χ1) is 16.1. The molecule has 1 heterocycles. The second kappa shape index (κ2) is 16.0. The number of carbonyl (C=O) groups excluding carboxylic acids is 3. The van der Waals surface area contributed by atoms with Crippen molar-refractivity contribution in [1.29, 1.82) is 0 Å². The fourth-order valence-electron chi connectivity index (χ4n) is 3.23. The van der Waals surface area contributed by atoms with E-state index in [0.29, 0.717) is 52.6 Å². The minimum Gasteiger partial charge on any atom is -0.480 e. The minimum atomic E-state index is -1.11. The van der Waals surface area contributed by atoms with Gasteiger partial charge in [0.1, 0.15) is 6.04 Å². The highest BCUT2D eigenvalue weighted by Gasteiger charge is 2.47. The molecule has 0 spiro atoms. The molecule has 0 radical (unpaired) electrons. The summed E-state index contributed by atoms with van der Waals surface area (Å²) in [7, 11) is 0. The van der Waals surface area contributed by atoms with Gasteiger partial charge in [-0.3, -0.25) is 24.1 Å². The van der Waals surface area contributed by atoms with Crippen molar-refractivity contribution in [2.45, 2.75) is 50.8 Å². The number of nitrogens with zero attached hydrogens (tertiary/aromatic N) is 1. The van der Waals surface area contributed by atoms with Gasteiger partial charge < -0.3 is 30.4 Å². The number of aliphatic carboxylic acids is 1. The number of likely N-dealkylation sites (tertiary alicyclic amines) is 1. The van der Waals surface area contributed by atoms with Gasteiger partial charge in [-0.25, -0.2) is 0 Å². The van der Waals surface area contributed by atoms with E-state index >= 15 is 0 Å². The topological polar surface area (TPSA) is 157 Å². The number of thioether (sulfide) groups is 1. The van der Waals surface area contributed by atoms with E-state index in [0.717, 1.165) is 4.90 Å². The SMILES string of the molecule is CCOCCOCCOCCCNC(=O)CCN1C(=O)CC(C(C)(C)SCC(N)C(=O)O)C1=O. The first kappa shape index (κ1) is 30.3. The quantitative estimate of drug-likeness (QED) is 0.164. The van der Waals surface area contributed by atoms with Crippen molar-refractivity contribution in [3.05, 3.63) is 0 Å². The molecule has 0 bridgehead atoms. The van der Waals surface area contributed by atoms with E-state index < -0.39 is 22.7 Å². The number of carboxylic acid groups (broad SMARTS) is 1. The Hall–Kier alpha value is -1.73. The average molecular weight is 506 g/mol. The average Bonchev–Trinajstić information content (AvgIpc) is 3.08. The molecule has 1 aliphatic rings. The molecule has 196 valence electrons. The number of rotatable bonds is 19. The second-order valence-corrected chi connectivity index (χ2v) is 10.0. The van der Waals surface area contributed by atoms with Gasteiger partial charge in [-0.2, -0.15) is 11.8 Å². The molecule has 1 rings (SSSR count). The summed E-state index contributed by atoms with van der Waals surface area (Å²) in [4.78, 5) is 49.3.